The quantitative estimate of drug-likeness (QED) is 0.500. The standard InChI is InChI=1S/C12H12FNO4/c1-17-2-3-18-11-6-8-7(4-9(11)13)5-10(14-16)12(8)15/h4,6,16H,2-3,5H2,1H3/b14-10+. The van der Waals surface area contributed by atoms with Crippen LogP contribution in [-0.4, -0.2) is 37.0 Å². The molecule has 0 radical (unpaired) electrons. The molecule has 0 heterocycles. The Labute approximate surface area is 103 Å². The number of fused-ring (bicyclic) bond motifs is 1. The molecule has 0 aliphatic heterocycles. The molecule has 0 aromatic heterocycles. The molecule has 2 rings (SSSR count). The van der Waals surface area contributed by atoms with E-state index in [1.165, 1.54) is 19.2 Å². The summed E-state index contributed by atoms with van der Waals surface area (Å²) >= 11 is 0. The maximum atomic E-state index is 13.7. The predicted molar refractivity (Wildman–Crippen MR) is 61.0 cm³/mol. The fraction of sp³-hybridized carbons (Fsp3) is 0.333. The molecule has 0 fully saturated rings. The summed E-state index contributed by atoms with van der Waals surface area (Å²) in [5.74, 6) is -0.945. The minimum absolute atomic E-state index is 0.00154. The fourth-order valence-electron chi connectivity index (χ4n) is 1.79. The Kier molecular flexibility index (Phi) is 3.57. The van der Waals surface area contributed by atoms with Crippen LogP contribution in [0.1, 0.15) is 15.9 Å². The highest BCUT2D eigenvalue weighted by atomic mass is 19.1. The summed E-state index contributed by atoms with van der Waals surface area (Å²) in [4.78, 5) is 11.7. The first-order chi connectivity index (χ1) is 8.67. The number of ether oxygens (including phenoxy) is 2. The molecule has 6 heteroatoms. The van der Waals surface area contributed by atoms with Crippen LogP contribution in [-0.2, 0) is 11.2 Å². The summed E-state index contributed by atoms with van der Waals surface area (Å²) in [6.07, 6.45) is 0.139. The van der Waals surface area contributed by atoms with Gasteiger partial charge >= 0.3 is 0 Å². The number of halogens is 1. The van der Waals surface area contributed by atoms with E-state index in [9.17, 15) is 9.18 Å². The van der Waals surface area contributed by atoms with Gasteiger partial charge in [-0.15, -0.1) is 0 Å². The monoisotopic (exact) mass is 253 g/mol. The molecule has 0 saturated carbocycles. The molecule has 1 aromatic rings. The van der Waals surface area contributed by atoms with Crippen LogP contribution in [0.4, 0.5) is 4.39 Å². The lowest BCUT2D eigenvalue weighted by atomic mass is 10.1. The maximum absolute atomic E-state index is 13.7. The number of hydrogen-bond donors (Lipinski definition) is 1. The largest absolute Gasteiger partial charge is 0.488 e. The van der Waals surface area contributed by atoms with Gasteiger partial charge in [0.15, 0.2) is 11.6 Å². The molecule has 0 unspecified atom stereocenters. The Bertz CT molecular complexity index is 513. The number of carbonyl (C=O) groups excluding carboxylic acids is 1. The number of ketones is 1. The highest BCUT2D eigenvalue weighted by molar-refractivity contribution is 6.49. The van der Waals surface area contributed by atoms with E-state index in [4.69, 9.17) is 14.7 Å². The van der Waals surface area contributed by atoms with Crippen LogP contribution in [0, 0.1) is 5.82 Å². The molecule has 1 aliphatic rings. The van der Waals surface area contributed by atoms with Gasteiger partial charge in [0.1, 0.15) is 12.3 Å². The van der Waals surface area contributed by atoms with Crippen LogP contribution in [0.3, 0.4) is 0 Å². The zero-order valence-electron chi connectivity index (χ0n) is 9.77. The average molecular weight is 253 g/mol. The van der Waals surface area contributed by atoms with E-state index in [-0.39, 0.29) is 24.5 Å². The molecule has 0 spiro atoms. The van der Waals surface area contributed by atoms with Gasteiger partial charge in [-0.2, -0.15) is 0 Å². The second-order valence-corrected chi connectivity index (χ2v) is 3.83. The summed E-state index contributed by atoms with van der Waals surface area (Å²) < 4.78 is 23.6. The normalized spacial score (nSPS) is 16.1. The van der Waals surface area contributed by atoms with E-state index in [2.05, 4.69) is 5.16 Å². The zero-order valence-corrected chi connectivity index (χ0v) is 9.77. The molecule has 0 saturated heterocycles. The summed E-state index contributed by atoms with van der Waals surface area (Å²) in [6, 6.07) is 2.56. The Hall–Kier alpha value is -1.95. The molecule has 18 heavy (non-hydrogen) atoms. The van der Waals surface area contributed by atoms with E-state index in [0.29, 0.717) is 17.7 Å². The summed E-state index contributed by atoms with van der Waals surface area (Å²) in [5, 5.41) is 11.5. The van der Waals surface area contributed by atoms with Gasteiger partial charge in [-0.05, 0) is 17.7 Å². The highest BCUT2D eigenvalue weighted by Crippen LogP contribution is 2.28. The Morgan fingerprint density at radius 2 is 2.22 bits per heavy atom. The minimum Gasteiger partial charge on any atom is -0.488 e. The van der Waals surface area contributed by atoms with Crippen molar-refractivity contribution in [1.82, 2.24) is 0 Å². The summed E-state index contributed by atoms with van der Waals surface area (Å²) in [7, 11) is 1.51. The summed E-state index contributed by atoms with van der Waals surface area (Å²) in [5.41, 5.74) is 0.833. The van der Waals surface area contributed by atoms with E-state index < -0.39 is 11.6 Å². The van der Waals surface area contributed by atoms with Gasteiger partial charge in [0, 0.05) is 19.1 Å². The van der Waals surface area contributed by atoms with Gasteiger partial charge in [0.05, 0.1) is 6.61 Å². The van der Waals surface area contributed by atoms with Crippen molar-refractivity contribution in [2.24, 2.45) is 5.16 Å². The lowest BCUT2D eigenvalue weighted by molar-refractivity contribution is 0.106. The third-order valence-corrected chi connectivity index (χ3v) is 2.69. The van der Waals surface area contributed by atoms with Gasteiger partial charge in [-0.3, -0.25) is 4.79 Å². The lowest BCUT2D eigenvalue weighted by Crippen LogP contribution is -2.08. The van der Waals surface area contributed by atoms with Crippen LogP contribution < -0.4 is 4.74 Å². The number of nitrogens with zero attached hydrogens (tertiary/aromatic N) is 1. The van der Waals surface area contributed by atoms with Crippen LogP contribution in [0.2, 0.25) is 0 Å². The van der Waals surface area contributed by atoms with Crippen molar-refractivity contribution in [2.45, 2.75) is 6.42 Å². The van der Waals surface area contributed by atoms with Gasteiger partial charge in [-0.25, -0.2) is 4.39 Å². The van der Waals surface area contributed by atoms with E-state index in [1.54, 1.807) is 0 Å². The third kappa shape index (κ3) is 2.19. The fourth-order valence-corrected chi connectivity index (χ4v) is 1.79. The Balaban J connectivity index is 2.27. The van der Waals surface area contributed by atoms with Gasteiger partial charge in [-0.1, -0.05) is 5.16 Å². The molecule has 0 amide bonds. The van der Waals surface area contributed by atoms with Crippen molar-refractivity contribution in [1.29, 1.82) is 0 Å². The SMILES string of the molecule is COCCOc1cc2c(cc1F)C/C(=N\O)C2=O. The van der Waals surface area contributed by atoms with Crippen LogP contribution >= 0.6 is 0 Å². The van der Waals surface area contributed by atoms with Crippen LogP contribution in [0.15, 0.2) is 17.3 Å². The van der Waals surface area contributed by atoms with Crippen molar-refractivity contribution in [3.8, 4) is 5.75 Å². The first-order valence-corrected chi connectivity index (χ1v) is 5.37. The van der Waals surface area contributed by atoms with Gasteiger partial charge in [0.2, 0.25) is 5.78 Å². The van der Waals surface area contributed by atoms with E-state index in [0.717, 1.165) is 0 Å². The van der Waals surface area contributed by atoms with Crippen LogP contribution in [0.25, 0.3) is 0 Å². The molecule has 5 nitrogen and oxygen atoms in total. The van der Waals surface area contributed by atoms with Crippen molar-refractivity contribution in [3.63, 3.8) is 0 Å². The molecular weight excluding hydrogens is 241 g/mol. The first-order valence-electron chi connectivity index (χ1n) is 5.37. The van der Waals surface area contributed by atoms with Crippen molar-refractivity contribution < 1.29 is 23.9 Å². The second-order valence-electron chi connectivity index (χ2n) is 3.83. The first kappa shape index (κ1) is 12.5. The number of methoxy groups -OCH3 is 1. The van der Waals surface area contributed by atoms with Gasteiger partial charge in [0.25, 0.3) is 0 Å². The van der Waals surface area contributed by atoms with Gasteiger partial charge < -0.3 is 14.7 Å². The van der Waals surface area contributed by atoms with Crippen molar-refractivity contribution >= 4 is 11.5 Å². The number of oxime groups is 1. The number of hydrogen-bond acceptors (Lipinski definition) is 5. The summed E-state index contributed by atoms with van der Waals surface area (Å²) in [6.45, 7) is 0.523. The highest BCUT2D eigenvalue weighted by Gasteiger charge is 2.28. The molecule has 1 N–H and O–H groups in total. The molecule has 1 aromatic carbocycles. The predicted octanol–water partition coefficient (Wildman–Crippen LogP) is 1.42. The van der Waals surface area contributed by atoms with Crippen molar-refractivity contribution in [3.05, 3.63) is 29.1 Å². The lowest BCUT2D eigenvalue weighted by Gasteiger charge is -2.08. The minimum atomic E-state index is -0.545. The van der Waals surface area contributed by atoms with Crippen molar-refractivity contribution in [2.75, 3.05) is 20.3 Å². The molecule has 0 atom stereocenters. The number of Topliss-reactive ketones (excluding diaryl/α,β-unsaturated/α-hetero) is 1. The number of benzene rings is 1. The second kappa shape index (κ2) is 5.14. The molecular formula is C12H12FNO4. The average Bonchev–Trinajstić information content (AvgIpc) is 2.66. The third-order valence-electron chi connectivity index (χ3n) is 2.69. The Morgan fingerprint density at radius 1 is 1.44 bits per heavy atom. The van der Waals surface area contributed by atoms with E-state index in [1.807, 2.05) is 0 Å². The molecule has 0 bridgehead atoms. The van der Waals surface area contributed by atoms with Crippen LogP contribution in [0.5, 0.6) is 5.75 Å². The number of carbonyl (C=O) groups is 1. The molecule has 96 valence electrons. The zero-order chi connectivity index (χ0) is 13.1. The molecule has 1 aliphatic carbocycles. The topological polar surface area (TPSA) is 68.1 Å². The number of rotatable bonds is 4. The van der Waals surface area contributed by atoms with E-state index >= 15 is 0 Å². The maximum Gasteiger partial charge on any atom is 0.211 e. The Morgan fingerprint density at radius 3 is 2.89 bits per heavy atom. The smallest absolute Gasteiger partial charge is 0.211 e.